The normalized spacial score (nSPS) is 15.8. The minimum atomic E-state index is 0.246. The molecule has 2 N–H and O–H groups in total. The standard InChI is InChI=1S/C17H26N2O/c1-13(2)12-19(16-8-3-4-9-16)17(20)11-14-6-5-7-15(18)10-14/h5-7,10,13,16H,3-4,8-9,11-12,18H2,1-2H3. The van der Waals surface area contributed by atoms with E-state index >= 15 is 0 Å². The molecule has 0 bridgehead atoms. The number of amides is 1. The first-order valence-corrected chi connectivity index (χ1v) is 7.70. The van der Waals surface area contributed by atoms with Crippen molar-refractivity contribution in [1.29, 1.82) is 0 Å². The van der Waals surface area contributed by atoms with Crippen LogP contribution in [0.3, 0.4) is 0 Å². The fourth-order valence-corrected chi connectivity index (χ4v) is 3.04. The van der Waals surface area contributed by atoms with Gasteiger partial charge in [0.2, 0.25) is 5.91 Å². The Morgan fingerprint density at radius 2 is 2.05 bits per heavy atom. The molecule has 1 aromatic rings. The van der Waals surface area contributed by atoms with Gasteiger partial charge in [-0.25, -0.2) is 0 Å². The van der Waals surface area contributed by atoms with E-state index in [9.17, 15) is 4.79 Å². The van der Waals surface area contributed by atoms with Crippen LogP contribution in [-0.2, 0) is 11.2 Å². The molecule has 1 aromatic carbocycles. The van der Waals surface area contributed by atoms with E-state index in [0.717, 1.165) is 30.6 Å². The van der Waals surface area contributed by atoms with Gasteiger partial charge in [0.15, 0.2) is 0 Å². The molecule has 110 valence electrons. The molecule has 1 saturated carbocycles. The monoisotopic (exact) mass is 274 g/mol. The van der Waals surface area contributed by atoms with Gasteiger partial charge in [-0.2, -0.15) is 0 Å². The maximum absolute atomic E-state index is 12.6. The van der Waals surface area contributed by atoms with Gasteiger partial charge in [-0.3, -0.25) is 4.79 Å². The fourth-order valence-electron chi connectivity index (χ4n) is 3.04. The van der Waals surface area contributed by atoms with Crippen LogP contribution in [0.25, 0.3) is 0 Å². The van der Waals surface area contributed by atoms with Crippen LogP contribution in [0.2, 0.25) is 0 Å². The Balaban J connectivity index is 2.05. The summed E-state index contributed by atoms with van der Waals surface area (Å²) in [5, 5.41) is 0. The zero-order chi connectivity index (χ0) is 14.5. The van der Waals surface area contributed by atoms with E-state index < -0.39 is 0 Å². The van der Waals surface area contributed by atoms with Crippen molar-refractivity contribution in [1.82, 2.24) is 4.90 Å². The maximum Gasteiger partial charge on any atom is 0.227 e. The van der Waals surface area contributed by atoms with Crippen LogP contribution in [0, 0.1) is 5.92 Å². The van der Waals surface area contributed by atoms with Gasteiger partial charge in [-0.05, 0) is 36.5 Å². The number of nitrogens with two attached hydrogens (primary N) is 1. The van der Waals surface area contributed by atoms with Crippen molar-refractivity contribution >= 4 is 11.6 Å². The predicted molar refractivity (Wildman–Crippen MR) is 83.4 cm³/mol. The Bertz CT molecular complexity index is 450. The van der Waals surface area contributed by atoms with Crippen LogP contribution in [0.15, 0.2) is 24.3 Å². The van der Waals surface area contributed by atoms with Gasteiger partial charge < -0.3 is 10.6 Å². The number of carbonyl (C=O) groups excluding carboxylic acids is 1. The smallest absolute Gasteiger partial charge is 0.227 e. The fraction of sp³-hybridized carbons (Fsp3) is 0.588. The topological polar surface area (TPSA) is 46.3 Å². The molecule has 3 heteroatoms. The third kappa shape index (κ3) is 3.99. The van der Waals surface area contributed by atoms with E-state index in [-0.39, 0.29) is 5.91 Å². The first-order valence-electron chi connectivity index (χ1n) is 7.70. The minimum absolute atomic E-state index is 0.246. The van der Waals surface area contributed by atoms with E-state index in [1.54, 1.807) is 0 Å². The molecule has 1 aliphatic rings. The molecule has 2 rings (SSSR count). The number of carbonyl (C=O) groups is 1. The molecule has 20 heavy (non-hydrogen) atoms. The molecular formula is C17H26N2O. The number of nitrogens with zero attached hydrogens (tertiary/aromatic N) is 1. The highest BCUT2D eigenvalue weighted by Crippen LogP contribution is 2.25. The Morgan fingerprint density at radius 3 is 2.65 bits per heavy atom. The van der Waals surface area contributed by atoms with E-state index in [1.165, 1.54) is 12.8 Å². The quantitative estimate of drug-likeness (QED) is 0.838. The summed E-state index contributed by atoms with van der Waals surface area (Å²) in [5.74, 6) is 0.761. The van der Waals surface area contributed by atoms with Crippen molar-refractivity contribution in [2.75, 3.05) is 12.3 Å². The molecule has 0 saturated heterocycles. The first-order chi connectivity index (χ1) is 9.56. The lowest BCUT2D eigenvalue weighted by molar-refractivity contribution is -0.133. The highest BCUT2D eigenvalue weighted by molar-refractivity contribution is 5.79. The molecule has 0 aromatic heterocycles. The number of hydrogen-bond acceptors (Lipinski definition) is 2. The molecule has 1 amide bonds. The van der Waals surface area contributed by atoms with Crippen molar-refractivity contribution in [3.63, 3.8) is 0 Å². The molecule has 1 aliphatic carbocycles. The summed E-state index contributed by atoms with van der Waals surface area (Å²) in [4.78, 5) is 14.7. The summed E-state index contributed by atoms with van der Waals surface area (Å²) >= 11 is 0. The highest BCUT2D eigenvalue weighted by Gasteiger charge is 2.26. The molecule has 0 aliphatic heterocycles. The number of rotatable bonds is 5. The van der Waals surface area contributed by atoms with Crippen molar-refractivity contribution in [3.05, 3.63) is 29.8 Å². The van der Waals surface area contributed by atoms with E-state index in [4.69, 9.17) is 5.73 Å². The average molecular weight is 274 g/mol. The third-order valence-electron chi connectivity index (χ3n) is 3.95. The lowest BCUT2D eigenvalue weighted by Gasteiger charge is -2.31. The van der Waals surface area contributed by atoms with Crippen molar-refractivity contribution in [2.24, 2.45) is 5.92 Å². The first kappa shape index (κ1) is 14.9. The Morgan fingerprint density at radius 1 is 1.35 bits per heavy atom. The molecule has 0 radical (unpaired) electrons. The Labute approximate surface area is 122 Å². The summed E-state index contributed by atoms with van der Waals surface area (Å²) in [6, 6.07) is 8.11. The van der Waals surface area contributed by atoms with E-state index in [1.807, 2.05) is 24.3 Å². The Hall–Kier alpha value is -1.51. The van der Waals surface area contributed by atoms with Crippen molar-refractivity contribution in [3.8, 4) is 0 Å². The zero-order valence-electron chi connectivity index (χ0n) is 12.6. The van der Waals surface area contributed by atoms with E-state index in [0.29, 0.717) is 18.4 Å². The summed E-state index contributed by atoms with van der Waals surface area (Å²) in [6.45, 7) is 5.22. The van der Waals surface area contributed by atoms with Crippen LogP contribution in [0.4, 0.5) is 5.69 Å². The molecule has 0 spiro atoms. The number of nitrogen functional groups attached to an aromatic ring is 1. The second-order valence-corrected chi connectivity index (χ2v) is 6.30. The van der Waals surface area contributed by atoms with Gasteiger partial charge >= 0.3 is 0 Å². The largest absolute Gasteiger partial charge is 0.399 e. The van der Waals surface area contributed by atoms with Crippen molar-refractivity contribution in [2.45, 2.75) is 52.0 Å². The Kier molecular flexibility index (Phi) is 5.05. The average Bonchev–Trinajstić information content (AvgIpc) is 2.89. The van der Waals surface area contributed by atoms with Crippen LogP contribution >= 0.6 is 0 Å². The molecule has 0 heterocycles. The maximum atomic E-state index is 12.6. The second kappa shape index (κ2) is 6.78. The molecule has 0 unspecified atom stereocenters. The van der Waals surface area contributed by atoms with Crippen LogP contribution < -0.4 is 5.73 Å². The van der Waals surface area contributed by atoms with Gasteiger partial charge in [-0.15, -0.1) is 0 Å². The minimum Gasteiger partial charge on any atom is -0.399 e. The summed E-state index contributed by atoms with van der Waals surface area (Å²) in [5.41, 5.74) is 7.53. The molecule has 1 fully saturated rings. The summed E-state index contributed by atoms with van der Waals surface area (Å²) in [7, 11) is 0. The molecule has 3 nitrogen and oxygen atoms in total. The number of anilines is 1. The lowest BCUT2D eigenvalue weighted by Crippen LogP contribution is -2.42. The van der Waals surface area contributed by atoms with Crippen LogP contribution in [-0.4, -0.2) is 23.4 Å². The number of hydrogen-bond donors (Lipinski definition) is 1. The molecule has 0 atom stereocenters. The number of benzene rings is 1. The summed E-state index contributed by atoms with van der Waals surface area (Å²) in [6.07, 6.45) is 5.30. The van der Waals surface area contributed by atoms with Gasteiger partial charge in [0.05, 0.1) is 6.42 Å². The second-order valence-electron chi connectivity index (χ2n) is 6.30. The molecular weight excluding hydrogens is 248 g/mol. The lowest BCUT2D eigenvalue weighted by atomic mass is 10.1. The summed E-state index contributed by atoms with van der Waals surface area (Å²) < 4.78 is 0. The van der Waals surface area contributed by atoms with Gasteiger partial charge in [0.25, 0.3) is 0 Å². The van der Waals surface area contributed by atoms with Gasteiger partial charge in [0.1, 0.15) is 0 Å². The van der Waals surface area contributed by atoms with Crippen LogP contribution in [0.1, 0.15) is 45.1 Å². The van der Waals surface area contributed by atoms with Gasteiger partial charge in [-0.1, -0.05) is 38.8 Å². The zero-order valence-corrected chi connectivity index (χ0v) is 12.6. The highest BCUT2D eigenvalue weighted by atomic mass is 16.2. The third-order valence-corrected chi connectivity index (χ3v) is 3.95. The SMILES string of the molecule is CC(C)CN(C(=O)Cc1cccc(N)c1)C1CCCC1. The van der Waals surface area contributed by atoms with Crippen molar-refractivity contribution < 1.29 is 4.79 Å². The van der Waals surface area contributed by atoms with Gasteiger partial charge in [0, 0.05) is 18.3 Å². The predicted octanol–water partition coefficient (Wildman–Crippen LogP) is 3.24. The van der Waals surface area contributed by atoms with Crippen LogP contribution in [0.5, 0.6) is 0 Å². The van der Waals surface area contributed by atoms with E-state index in [2.05, 4.69) is 18.7 Å².